The Morgan fingerprint density at radius 1 is 1.24 bits per heavy atom. The van der Waals surface area contributed by atoms with Crippen molar-refractivity contribution in [1.29, 1.82) is 0 Å². The molecule has 1 atom stereocenters. The molecule has 0 heterocycles. The highest BCUT2D eigenvalue weighted by Gasteiger charge is 2.22. The molecule has 1 aromatic rings. The van der Waals surface area contributed by atoms with Crippen molar-refractivity contribution < 1.29 is 9.84 Å². The first-order chi connectivity index (χ1) is 7.99. The fourth-order valence-electron chi connectivity index (χ4n) is 2.12. The number of nitrogens with one attached hydrogen (secondary N) is 1. The van der Waals surface area contributed by atoms with Gasteiger partial charge in [0.25, 0.3) is 0 Å². The predicted octanol–water partition coefficient (Wildman–Crippen LogP) is 2.53. The number of hydrogen-bond acceptors (Lipinski definition) is 3. The molecule has 3 nitrogen and oxygen atoms in total. The predicted molar refractivity (Wildman–Crippen MR) is 71.1 cm³/mol. The monoisotopic (exact) mass is 257 g/mol. The van der Waals surface area contributed by atoms with Crippen LogP contribution in [0.2, 0.25) is 5.02 Å². The molecule has 0 aliphatic rings. The van der Waals surface area contributed by atoms with Gasteiger partial charge in [-0.1, -0.05) is 11.6 Å². The molecule has 1 aromatic carbocycles. The van der Waals surface area contributed by atoms with Crippen LogP contribution in [0.25, 0.3) is 0 Å². The molecular formula is C13H20ClNO2. The molecule has 0 radical (unpaired) electrons. The summed E-state index contributed by atoms with van der Waals surface area (Å²) in [5.74, 6) is 0.804. The van der Waals surface area contributed by atoms with Crippen molar-refractivity contribution in [3.8, 4) is 5.75 Å². The highest BCUT2D eigenvalue weighted by molar-refractivity contribution is 6.32. The van der Waals surface area contributed by atoms with Gasteiger partial charge in [0.1, 0.15) is 5.75 Å². The van der Waals surface area contributed by atoms with Crippen molar-refractivity contribution in [1.82, 2.24) is 5.32 Å². The van der Waals surface area contributed by atoms with Gasteiger partial charge in [0.05, 0.1) is 19.8 Å². The number of benzene rings is 1. The van der Waals surface area contributed by atoms with E-state index in [0.717, 1.165) is 33.0 Å². The second-order valence-electron chi connectivity index (χ2n) is 4.16. The van der Waals surface area contributed by atoms with Crippen LogP contribution in [0.1, 0.15) is 28.3 Å². The van der Waals surface area contributed by atoms with E-state index < -0.39 is 0 Å². The number of rotatable bonds is 4. The summed E-state index contributed by atoms with van der Waals surface area (Å²) >= 11 is 6.31. The standard InChI is InChI=1S/C13H20ClNO2/c1-7-8(2)13(17-5)11(9(3)12(7)14)10(6-16)15-4/h10,15-16H,6H2,1-5H3. The first-order valence-corrected chi connectivity index (χ1v) is 5.98. The molecule has 0 spiro atoms. The molecule has 2 N–H and O–H groups in total. The van der Waals surface area contributed by atoms with Crippen molar-refractivity contribution in [3.63, 3.8) is 0 Å². The minimum Gasteiger partial charge on any atom is -0.496 e. The number of aliphatic hydroxyl groups excluding tert-OH is 1. The van der Waals surface area contributed by atoms with Gasteiger partial charge in [0, 0.05) is 10.6 Å². The average Bonchev–Trinajstić information content (AvgIpc) is 2.34. The summed E-state index contributed by atoms with van der Waals surface area (Å²) < 4.78 is 5.47. The van der Waals surface area contributed by atoms with E-state index in [9.17, 15) is 5.11 Å². The Labute approximate surface area is 108 Å². The summed E-state index contributed by atoms with van der Waals surface area (Å²) in [5, 5.41) is 13.2. The van der Waals surface area contributed by atoms with Gasteiger partial charge in [0.15, 0.2) is 0 Å². The Morgan fingerprint density at radius 2 is 1.82 bits per heavy atom. The maximum atomic E-state index is 9.41. The van der Waals surface area contributed by atoms with Crippen LogP contribution in [0, 0.1) is 20.8 Å². The second kappa shape index (κ2) is 5.71. The van der Waals surface area contributed by atoms with E-state index >= 15 is 0 Å². The van der Waals surface area contributed by atoms with Crippen molar-refractivity contribution in [2.24, 2.45) is 0 Å². The molecule has 1 rings (SSSR count). The molecule has 4 heteroatoms. The van der Waals surface area contributed by atoms with Gasteiger partial charge in [0.2, 0.25) is 0 Å². The third kappa shape index (κ3) is 2.41. The molecule has 0 saturated carbocycles. The lowest BCUT2D eigenvalue weighted by Crippen LogP contribution is -2.22. The van der Waals surface area contributed by atoms with E-state index in [1.165, 1.54) is 0 Å². The van der Waals surface area contributed by atoms with Gasteiger partial charge in [-0.25, -0.2) is 0 Å². The number of halogens is 1. The van der Waals surface area contributed by atoms with E-state index in [1.807, 2.05) is 27.8 Å². The summed E-state index contributed by atoms with van der Waals surface area (Å²) in [6, 6.07) is -0.165. The quantitative estimate of drug-likeness (QED) is 0.871. The van der Waals surface area contributed by atoms with Crippen molar-refractivity contribution in [2.45, 2.75) is 26.8 Å². The van der Waals surface area contributed by atoms with Gasteiger partial charge in [-0.15, -0.1) is 0 Å². The minimum atomic E-state index is -0.165. The van der Waals surface area contributed by atoms with Crippen molar-refractivity contribution in [3.05, 3.63) is 27.3 Å². The number of hydrogen-bond donors (Lipinski definition) is 2. The van der Waals surface area contributed by atoms with E-state index in [4.69, 9.17) is 16.3 Å². The molecule has 0 amide bonds. The van der Waals surface area contributed by atoms with Gasteiger partial charge in [-0.05, 0) is 44.5 Å². The van der Waals surface area contributed by atoms with Crippen molar-refractivity contribution in [2.75, 3.05) is 20.8 Å². The highest BCUT2D eigenvalue weighted by Crippen LogP contribution is 2.38. The first kappa shape index (κ1) is 14.3. The molecular weight excluding hydrogens is 238 g/mol. The molecule has 1 unspecified atom stereocenters. The lowest BCUT2D eigenvalue weighted by molar-refractivity contribution is 0.247. The van der Waals surface area contributed by atoms with Crippen LogP contribution in [-0.2, 0) is 0 Å². The van der Waals surface area contributed by atoms with Crippen LogP contribution >= 0.6 is 11.6 Å². The largest absolute Gasteiger partial charge is 0.496 e. The third-order valence-corrected chi connectivity index (χ3v) is 3.86. The summed E-state index contributed by atoms with van der Waals surface area (Å²) in [5.41, 5.74) is 3.94. The summed E-state index contributed by atoms with van der Waals surface area (Å²) in [7, 11) is 3.45. The van der Waals surface area contributed by atoms with Gasteiger partial charge in [-0.2, -0.15) is 0 Å². The van der Waals surface area contributed by atoms with E-state index in [2.05, 4.69) is 5.32 Å². The number of ether oxygens (including phenoxy) is 1. The van der Waals surface area contributed by atoms with Crippen LogP contribution < -0.4 is 10.1 Å². The Kier molecular flexibility index (Phi) is 4.80. The van der Waals surface area contributed by atoms with Gasteiger partial charge in [-0.3, -0.25) is 0 Å². The molecule has 0 saturated heterocycles. The highest BCUT2D eigenvalue weighted by atomic mass is 35.5. The molecule has 0 aromatic heterocycles. The molecule has 0 bridgehead atoms. The molecule has 0 fully saturated rings. The Morgan fingerprint density at radius 3 is 2.24 bits per heavy atom. The van der Waals surface area contributed by atoms with Crippen LogP contribution in [0.5, 0.6) is 5.75 Å². The van der Waals surface area contributed by atoms with Gasteiger partial charge >= 0.3 is 0 Å². The lowest BCUT2D eigenvalue weighted by Gasteiger charge is -2.23. The van der Waals surface area contributed by atoms with Crippen LogP contribution in [0.3, 0.4) is 0 Å². The zero-order valence-corrected chi connectivity index (χ0v) is 11.8. The number of aliphatic hydroxyl groups is 1. The summed E-state index contributed by atoms with van der Waals surface area (Å²) in [4.78, 5) is 0. The lowest BCUT2D eigenvalue weighted by atomic mass is 9.94. The van der Waals surface area contributed by atoms with Crippen LogP contribution in [0.4, 0.5) is 0 Å². The fourth-order valence-corrected chi connectivity index (χ4v) is 2.36. The van der Waals surface area contributed by atoms with Gasteiger partial charge < -0.3 is 15.2 Å². The van der Waals surface area contributed by atoms with E-state index in [0.29, 0.717) is 0 Å². The smallest absolute Gasteiger partial charge is 0.127 e. The number of likely N-dealkylation sites (N-methyl/N-ethyl adjacent to an activating group) is 1. The molecule has 96 valence electrons. The normalized spacial score (nSPS) is 12.6. The minimum absolute atomic E-state index is 0.00648. The Balaban J connectivity index is 3.56. The summed E-state index contributed by atoms with van der Waals surface area (Å²) in [6.45, 7) is 5.91. The fraction of sp³-hybridized carbons (Fsp3) is 0.538. The SMILES string of the molecule is CNC(CO)c1c(C)c(Cl)c(C)c(C)c1OC. The summed E-state index contributed by atoms with van der Waals surface area (Å²) in [6.07, 6.45) is 0. The zero-order valence-electron chi connectivity index (χ0n) is 11.0. The molecule has 0 aliphatic heterocycles. The Bertz CT molecular complexity index is 415. The number of methoxy groups -OCH3 is 1. The molecule has 17 heavy (non-hydrogen) atoms. The maximum absolute atomic E-state index is 9.41. The maximum Gasteiger partial charge on any atom is 0.127 e. The topological polar surface area (TPSA) is 41.5 Å². The second-order valence-corrected chi connectivity index (χ2v) is 4.54. The van der Waals surface area contributed by atoms with Crippen LogP contribution in [-0.4, -0.2) is 25.9 Å². The van der Waals surface area contributed by atoms with Crippen LogP contribution in [0.15, 0.2) is 0 Å². The first-order valence-electron chi connectivity index (χ1n) is 5.60. The van der Waals surface area contributed by atoms with Crippen molar-refractivity contribution >= 4 is 11.6 Å². The zero-order chi connectivity index (χ0) is 13.2. The third-order valence-electron chi connectivity index (χ3n) is 3.29. The Hall–Kier alpha value is -0.770. The molecule has 0 aliphatic carbocycles. The average molecular weight is 258 g/mol. The van der Waals surface area contributed by atoms with E-state index in [1.54, 1.807) is 7.11 Å². The van der Waals surface area contributed by atoms with E-state index in [-0.39, 0.29) is 12.6 Å².